The fourth-order valence-corrected chi connectivity index (χ4v) is 4.66. The summed E-state index contributed by atoms with van der Waals surface area (Å²) < 4.78 is 5.80. The van der Waals surface area contributed by atoms with E-state index in [1.54, 1.807) is 12.4 Å². The van der Waals surface area contributed by atoms with Gasteiger partial charge in [0.25, 0.3) is 0 Å². The van der Waals surface area contributed by atoms with Crippen molar-refractivity contribution in [2.45, 2.75) is 30.3 Å². The second-order valence-electron chi connectivity index (χ2n) is 6.07. The molecule has 0 aliphatic carbocycles. The zero-order valence-electron chi connectivity index (χ0n) is 14.9. The Morgan fingerprint density at radius 3 is 2.78 bits per heavy atom. The number of carboxylic acids is 1. The summed E-state index contributed by atoms with van der Waals surface area (Å²) in [4.78, 5) is 36.7. The van der Waals surface area contributed by atoms with E-state index < -0.39 is 35.9 Å². The third kappa shape index (κ3) is 4.22. The van der Waals surface area contributed by atoms with Crippen molar-refractivity contribution in [3.63, 3.8) is 0 Å². The summed E-state index contributed by atoms with van der Waals surface area (Å²) in [6.07, 6.45) is -0.889. The van der Waals surface area contributed by atoms with Crippen molar-refractivity contribution < 1.29 is 58.9 Å². The maximum Gasteiger partial charge on any atom is 1.00 e. The number of nitrogens with zero attached hydrogens (tertiary/aromatic N) is 3. The Labute approximate surface area is 185 Å². The van der Waals surface area contributed by atoms with Crippen LogP contribution in [0.5, 0.6) is 0 Å². The molecule has 1 N–H and O–H groups in total. The molecule has 0 unspecified atom stereocenters. The van der Waals surface area contributed by atoms with Gasteiger partial charge in [0.1, 0.15) is 12.1 Å². The summed E-state index contributed by atoms with van der Waals surface area (Å²) in [5, 5.41) is 28.7. The average molecular weight is 421 g/mol. The van der Waals surface area contributed by atoms with Crippen LogP contribution in [0, 0.1) is 11.8 Å². The Kier molecular flexibility index (Phi) is 7.45. The van der Waals surface area contributed by atoms with E-state index in [4.69, 9.17) is 4.74 Å². The predicted octanol–water partition coefficient (Wildman–Crippen LogP) is -3.96. The topological polar surface area (TPSA) is 133 Å². The molecular weight excluding hydrogens is 405 g/mol. The molecule has 27 heavy (non-hydrogen) atoms. The monoisotopic (exact) mass is 421 g/mol. The molecule has 0 spiro atoms. The van der Waals surface area contributed by atoms with E-state index in [0.717, 1.165) is 4.90 Å². The summed E-state index contributed by atoms with van der Waals surface area (Å²) in [5.74, 6) is -3.49. The minimum Gasteiger partial charge on any atom is -0.543 e. The van der Waals surface area contributed by atoms with E-state index in [-0.39, 0.29) is 53.5 Å². The second-order valence-corrected chi connectivity index (χ2v) is 8.12. The molecule has 0 radical (unpaired) electrons. The molecule has 2 aliphatic rings. The molecule has 140 valence electrons. The van der Waals surface area contributed by atoms with Gasteiger partial charge in [0.2, 0.25) is 5.91 Å². The maximum absolute atomic E-state index is 12.2. The fourth-order valence-electron chi connectivity index (χ4n) is 3.37. The van der Waals surface area contributed by atoms with E-state index in [0.29, 0.717) is 9.91 Å². The standard InChI is InChI=1S/C15H17N3O6S2.Na/c1-6-8(3-24-9(20)4-25-15-17-16-5-26-15)12(14(22)23)18-11(6)10(7(2)19)13(18)21;/h5-7,10-11,19H,3-4H2,1-2H3,(H,22,23);/q;+1/p-1/t6-,7+,10+,11+;/m0./s1. The smallest absolute Gasteiger partial charge is 0.543 e. The quantitative estimate of drug-likeness (QED) is 0.203. The maximum atomic E-state index is 12.2. The zero-order valence-corrected chi connectivity index (χ0v) is 18.6. The first-order valence-electron chi connectivity index (χ1n) is 7.83. The van der Waals surface area contributed by atoms with Crippen LogP contribution in [-0.4, -0.2) is 62.6 Å². The van der Waals surface area contributed by atoms with Crippen molar-refractivity contribution in [3.05, 3.63) is 16.8 Å². The van der Waals surface area contributed by atoms with Gasteiger partial charge in [0.05, 0.1) is 35.5 Å². The SMILES string of the molecule is C[C@@H](O)[C@H]1C(=O)N2C(C(=O)[O-])=C(COC(=O)CSc3nncs3)[C@H](C)[C@H]12.[Na+]. The molecule has 0 aromatic carbocycles. The van der Waals surface area contributed by atoms with Crippen molar-refractivity contribution in [2.75, 3.05) is 12.4 Å². The number of carbonyl (C=O) groups excluding carboxylic acids is 3. The van der Waals surface area contributed by atoms with Crippen LogP contribution in [0.3, 0.4) is 0 Å². The van der Waals surface area contributed by atoms with Crippen LogP contribution in [0.4, 0.5) is 0 Å². The van der Waals surface area contributed by atoms with Crippen molar-refractivity contribution >= 4 is 40.9 Å². The first-order valence-corrected chi connectivity index (χ1v) is 9.69. The van der Waals surface area contributed by atoms with Crippen LogP contribution >= 0.6 is 23.1 Å². The Morgan fingerprint density at radius 1 is 1.52 bits per heavy atom. The normalized spacial score (nSPS) is 24.8. The summed E-state index contributed by atoms with van der Waals surface area (Å²) in [5.41, 5.74) is 1.61. The Balaban J connectivity index is 0.00000261. The first kappa shape index (κ1) is 22.3. The molecule has 1 saturated heterocycles. The molecule has 0 saturated carbocycles. The number of thioether (sulfide) groups is 1. The fraction of sp³-hybridized carbons (Fsp3) is 0.533. The molecule has 1 aromatic rings. The molecule has 2 aliphatic heterocycles. The largest absolute Gasteiger partial charge is 1.00 e. The molecule has 12 heteroatoms. The van der Waals surface area contributed by atoms with E-state index in [1.807, 2.05) is 0 Å². The van der Waals surface area contributed by atoms with Gasteiger partial charge in [-0.15, -0.1) is 10.2 Å². The van der Waals surface area contributed by atoms with Crippen LogP contribution in [0.15, 0.2) is 21.1 Å². The number of hydrogen-bond acceptors (Lipinski definition) is 10. The van der Waals surface area contributed by atoms with Gasteiger partial charge in [0.15, 0.2) is 4.34 Å². The minimum atomic E-state index is -1.49. The summed E-state index contributed by atoms with van der Waals surface area (Å²) >= 11 is 2.47. The van der Waals surface area contributed by atoms with Crippen molar-refractivity contribution in [1.29, 1.82) is 0 Å². The number of aromatic nitrogens is 2. The molecule has 4 atom stereocenters. The number of aliphatic hydroxyl groups is 1. The third-order valence-corrected chi connectivity index (χ3v) is 6.38. The molecule has 3 rings (SSSR count). The van der Waals surface area contributed by atoms with E-state index >= 15 is 0 Å². The molecule has 0 bridgehead atoms. The molecule has 1 fully saturated rings. The van der Waals surface area contributed by atoms with Gasteiger partial charge in [0, 0.05) is 5.92 Å². The second kappa shape index (κ2) is 9.01. The Bertz CT molecular complexity index is 770. The number of carboxylic acid groups (broad SMARTS) is 1. The molecule has 9 nitrogen and oxygen atoms in total. The number of aliphatic hydroxyl groups excluding tert-OH is 1. The van der Waals surface area contributed by atoms with Gasteiger partial charge in [-0.1, -0.05) is 30.0 Å². The number of β-lactam (4-membered cyclic amide) rings is 1. The number of ether oxygens (including phenoxy) is 1. The molecular formula is C15H16N3NaO6S2. The first-order chi connectivity index (χ1) is 12.3. The Hall–Kier alpha value is -0.980. The van der Waals surface area contributed by atoms with Gasteiger partial charge in [-0.05, 0) is 12.5 Å². The Morgan fingerprint density at radius 2 is 2.22 bits per heavy atom. The molecule has 1 aromatic heterocycles. The number of fused-ring (bicyclic) bond motifs is 1. The van der Waals surface area contributed by atoms with E-state index in [2.05, 4.69) is 10.2 Å². The van der Waals surface area contributed by atoms with E-state index in [9.17, 15) is 24.6 Å². The summed E-state index contributed by atoms with van der Waals surface area (Å²) in [7, 11) is 0. The molecule has 1 amide bonds. The van der Waals surface area contributed by atoms with Crippen LogP contribution in [0.2, 0.25) is 0 Å². The number of amides is 1. The average Bonchev–Trinajstić information content (AvgIpc) is 3.16. The van der Waals surface area contributed by atoms with Gasteiger partial charge in [-0.3, -0.25) is 9.59 Å². The van der Waals surface area contributed by atoms with Gasteiger partial charge in [-0.2, -0.15) is 0 Å². The zero-order chi connectivity index (χ0) is 19.0. The van der Waals surface area contributed by atoms with Crippen molar-refractivity contribution in [2.24, 2.45) is 11.8 Å². The van der Waals surface area contributed by atoms with Crippen LogP contribution in [0.1, 0.15) is 13.8 Å². The van der Waals surface area contributed by atoms with Gasteiger partial charge >= 0.3 is 35.5 Å². The van der Waals surface area contributed by atoms with Crippen LogP contribution in [0.25, 0.3) is 0 Å². The summed E-state index contributed by atoms with van der Waals surface area (Å²) in [6.45, 7) is 3.00. The van der Waals surface area contributed by atoms with Crippen LogP contribution < -0.4 is 34.7 Å². The summed E-state index contributed by atoms with van der Waals surface area (Å²) in [6, 6.07) is -0.458. The number of aliphatic carboxylic acids is 1. The number of esters is 1. The number of hydrogen-bond donors (Lipinski definition) is 1. The minimum absolute atomic E-state index is 0. The third-order valence-electron chi connectivity index (χ3n) is 4.55. The van der Waals surface area contributed by atoms with E-state index in [1.165, 1.54) is 30.0 Å². The van der Waals surface area contributed by atoms with Crippen molar-refractivity contribution in [1.82, 2.24) is 15.1 Å². The van der Waals surface area contributed by atoms with Gasteiger partial charge < -0.3 is 24.6 Å². The van der Waals surface area contributed by atoms with Gasteiger partial charge in [-0.25, -0.2) is 0 Å². The molecule has 3 heterocycles. The number of rotatable bonds is 7. The predicted molar refractivity (Wildman–Crippen MR) is 88.6 cm³/mol. The van der Waals surface area contributed by atoms with Crippen LogP contribution in [-0.2, 0) is 19.1 Å². The van der Waals surface area contributed by atoms with Crippen molar-refractivity contribution in [3.8, 4) is 0 Å². The number of carbonyl (C=O) groups is 3.